The fourth-order valence-electron chi connectivity index (χ4n) is 7.22. The molecule has 1 saturated heterocycles. The van der Waals surface area contributed by atoms with Crippen LogP contribution in [0, 0.1) is 0 Å². The van der Waals surface area contributed by atoms with E-state index in [0.29, 0.717) is 23.3 Å². The van der Waals surface area contributed by atoms with Crippen LogP contribution in [0.2, 0.25) is 0 Å². The van der Waals surface area contributed by atoms with Crippen LogP contribution in [0.3, 0.4) is 0 Å². The number of hydrogen-bond acceptors (Lipinski definition) is 13. The lowest BCUT2D eigenvalue weighted by atomic mass is 9.96. The highest BCUT2D eigenvalue weighted by molar-refractivity contribution is 5.99. The highest BCUT2D eigenvalue weighted by Gasteiger charge is 2.39. The maximum absolute atomic E-state index is 13.6. The highest BCUT2D eigenvalue weighted by atomic mass is 16.5. The molecule has 358 valence electrons. The summed E-state index contributed by atoms with van der Waals surface area (Å²) in [5, 5.41) is 68.8. The number of amides is 7. The van der Waals surface area contributed by atoms with E-state index in [4.69, 9.17) is 4.74 Å². The number of H-pyrrole nitrogens is 1. The Morgan fingerprint density at radius 1 is 0.866 bits per heavy atom. The topological polar surface area (TPSA) is 338 Å². The second-order valence-electron chi connectivity index (χ2n) is 15.8. The lowest BCUT2D eigenvalue weighted by molar-refractivity contribution is -0.138. The largest absolute Gasteiger partial charge is 0.494 e. The first kappa shape index (κ1) is 50.6. The quantitative estimate of drug-likeness (QED) is 0.0915. The van der Waals surface area contributed by atoms with Gasteiger partial charge in [-0.2, -0.15) is 0 Å². The third kappa shape index (κ3) is 14.3. The number of hydrogen-bond donors (Lipinski definition) is 12. The number of carbonyl (C=O) groups excluding carboxylic acids is 7. The second-order valence-corrected chi connectivity index (χ2v) is 15.8. The van der Waals surface area contributed by atoms with E-state index < -0.39 is 122 Å². The van der Waals surface area contributed by atoms with Crippen molar-refractivity contribution in [2.75, 3.05) is 33.3 Å². The Morgan fingerprint density at radius 2 is 1.60 bits per heavy atom. The normalized spacial score (nSPS) is 23.9. The number of para-hydroxylation sites is 1. The van der Waals surface area contributed by atoms with Gasteiger partial charge in [-0.05, 0) is 42.7 Å². The summed E-state index contributed by atoms with van der Waals surface area (Å²) in [6, 6.07) is 9.10. The minimum Gasteiger partial charge on any atom is -0.494 e. The van der Waals surface area contributed by atoms with Gasteiger partial charge in [0.05, 0.1) is 56.8 Å². The molecule has 0 spiro atoms. The summed E-state index contributed by atoms with van der Waals surface area (Å²) in [7, 11) is 1.22. The Labute approximate surface area is 383 Å². The summed E-state index contributed by atoms with van der Waals surface area (Å²) in [5.74, 6) is -7.09. The predicted molar refractivity (Wildman–Crippen MR) is 238 cm³/mol. The lowest BCUT2D eigenvalue weighted by Crippen LogP contribution is -2.60. The third-order valence-corrected chi connectivity index (χ3v) is 10.7. The molecule has 0 unspecified atom stereocenters. The minimum absolute atomic E-state index is 0.149. The molecular formula is C45H54N8O14. The molecule has 3 heterocycles. The molecular weight excluding hydrogens is 877 g/mol. The molecule has 2 aromatic carbocycles. The fraction of sp³-hybridized carbons (Fsp3) is 0.378. The molecule has 67 heavy (non-hydrogen) atoms. The van der Waals surface area contributed by atoms with E-state index >= 15 is 0 Å². The van der Waals surface area contributed by atoms with Crippen LogP contribution in [0.5, 0.6) is 5.75 Å². The van der Waals surface area contributed by atoms with Gasteiger partial charge in [0.15, 0.2) is 6.10 Å². The molecule has 0 radical (unpaired) electrons. The summed E-state index contributed by atoms with van der Waals surface area (Å²) >= 11 is 0. The molecule has 1 fully saturated rings. The highest BCUT2D eigenvalue weighted by Crippen LogP contribution is 2.24. The number of rotatable bonds is 11. The Kier molecular flexibility index (Phi) is 17.9. The minimum atomic E-state index is -2.29. The zero-order valence-corrected chi connectivity index (χ0v) is 36.6. The van der Waals surface area contributed by atoms with Crippen molar-refractivity contribution >= 4 is 64.3 Å². The van der Waals surface area contributed by atoms with Crippen LogP contribution in [0.4, 0.5) is 0 Å². The number of fused-ring (bicyclic) bond motifs is 2. The summed E-state index contributed by atoms with van der Waals surface area (Å²) in [4.78, 5) is 108. The van der Waals surface area contributed by atoms with E-state index in [9.17, 15) is 63.9 Å². The summed E-state index contributed by atoms with van der Waals surface area (Å²) < 4.78 is 5.43. The number of carboxylic acid groups (broad SMARTS) is 1. The third-order valence-electron chi connectivity index (χ3n) is 10.7. The standard InChI is InChI=1S/C45H54N8O14/c1-3-67-26-15-13-24(14-16-26)9-5-4-6-12-33(55)41(61)40-42(62)44(64)51-30-19-35(57)48-31(30)20-38(60)53(2)23-37(59)49-32(18-28-27-10-7-8-11-29(27)50-39(28)45(65)66)43(63)47-22-36(58)46-21-25(54)17-34(56)52-40/h4-11,13-16,20,25,30,32-33,40-42,50,54-55,61-62H,3,12,17-19,21-23H2,1-2H3,(H,46,58)(H,47,63)(H,48,57)(H,49,59)(H,51,64)(H,52,56)(H,65,66)/b6-4+,9-5+,31-20+/t25-,30-,32-,33+,40-,41-,42+/m1/s1. The number of benzene rings is 2. The number of carbonyl (C=O) groups is 8. The molecule has 7 amide bonds. The molecule has 2 aliphatic rings. The number of β-amino-alcohol motifs (C(OH)–C–C–N with tert-alkyl or cyclic N) is 1. The molecule has 7 atom stereocenters. The van der Waals surface area contributed by atoms with Crippen LogP contribution in [-0.2, 0) is 40.0 Å². The van der Waals surface area contributed by atoms with Crippen molar-refractivity contribution in [1.29, 1.82) is 0 Å². The maximum Gasteiger partial charge on any atom is 0.352 e. The number of nitrogens with one attached hydrogen (secondary N) is 7. The average molecular weight is 931 g/mol. The van der Waals surface area contributed by atoms with E-state index in [1.807, 2.05) is 19.1 Å². The number of aromatic nitrogens is 1. The molecule has 12 N–H and O–H groups in total. The second kappa shape index (κ2) is 23.7. The van der Waals surface area contributed by atoms with Gasteiger partial charge in [-0.25, -0.2) is 4.79 Å². The average Bonchev–Trinajstić information content (AvgIpc) is 3.84. The fourth-order valence-corrected chi connectivity index (χ4v) is 7.22. The SMILES string of the molecule is CCOc1ccc(/C=C/C=C/C[C@H](O)[C@@H](O)[C@H]2NC(=O)C[C@@H](O)CNC(=O)CNC(=O)[C@@H](Cc3c(C(=O)O)[nH]c4ccccc34)NC(=O)CN(C)C(=O)/C=C3/NC(=O)C[C@H]3NC(=O)[C@H]2O)cc1. The Hall–Kier alpha value is -7.40. The number of aliphatic hydroxyl groups excluding tert-OH is 4. The molecule has 0 saturated carbocycles. The van der Waals surface area contributed by atoms with Gasteiger partial charge in [-0.15, -0.1) is 0 Å². The lowest BCUT2D eigenvalue weighted by Gasteiger charge is -2.31. The molecule has 0 bridgehead atoms. The zero-order valence-electron chi connectivity index (χ0n) is 36.6. The van der Waals surface area contributed by atoms with Crippen molar-refractivity contribution < 1.29 is 68.6 Å². The van der Waals surface area contributed by atoms with Crippen molar-refractivity contribution in [3.05, 3.63) is 95.4 Å². The van der Waals surface area contributed by atoms with E-state index in [0.717, 1.165) is 16.5 Å². The summed E-state index contributed by atoms with van der Waals surface area (Å²) in [6.07, 6.45) is -1.95. The molecule has 1 aromatic heterocycles. The van der Waals surface area contributed by atoms with Gasteiger partial charge >= 0.3 is 5.97 Å². The van der Waals surface area contributed by atoms with Crippen LogP contribution in [0.15, 0.2) is 78.5 Å². The smallest absolute Gasteiger partial charge is 0.352 e. The van der Waals surface area contributed by atoms with Crippen molar-refractivity contribution in [1.82, 2.24) is 41.8 Å². The van der Waals surface area contributed by atoms with Crippen LogP contribution < -0.4 is 36.6 Å². The first-order valence-corrected chi connectivity index (χ1v) is 21.2. The van der Waals surface area contributed by atoms with Gasteiger partial charge in [-0.3, -0.25) is 33.6 Å². The maximum atomic E-state index is 13.6. The Morgan fingerprint density at radius 3 is 2.31 bits per heavy atom. The van der Waals surface area contributed by atoms with Crippen molar-refractivity contribution in [3.8, 4) is 5.75 Å². The molecule has 22 heteroatoms. The molecule has 22 nitrogen and oxygen atoms in total. The summed E-state index contributed by atoms with van der Waals surface area (Å²) in [6.45, 7) is 0.451. The van der Waals surface area contributed by atoms with Crippen molar-refractivity contribution in [3.63, 3.8) is 0 Å². The first-order chi connectivity index (χ1) is 31.9. The van der Waals surface area contributed by atoms with Crippen LogP contribution in [0.25, 0.3) is 17.0 Å². The van der Waals surface area contributed by atoms with Crippen molar-refractivity contribution in [2.45, 2.75) is 75.1 Å². The van der Waals surface area contributed by atoms with Crippen LogP contribution >= 0.6 is 0 Å². The van der Waals surface area contributed by atoms with Gasteiger partial charge in [0.1, 0.15) is 23.6 Å². The molecule has 5 rings (SSSR count). The first-order valence-electron chi connectivity index (χ1n) is 21.2. The number of likely N-dealkylation sites (N-methyl/N-ethyl adjacent to an activating group) is 1. The van der Waals surface area contributed by atoms with Crippen LogP contribution in [0.1, 0.15) is 47.8 Å². The van der Waals surface area contributed by atoms with Gasteiger partial charge in [-0.1, -0.05) is 54.6 Å². The van der Waals surface area contributed by atoms with Crippen molar-refractivity contribution in [2.24, 2.45) is 0 Å². The number of carboxylic acids is 1. The van der Waals surface area contributed by atoms with Crippen LogP contribution in [-0.4, -0.2) is 159 Å². The Balaban J connectivity index is 1.35. The Bertz CT molecular complexity index is 2410. The molecule has 2 aliphatic heterocycles. The number of ether oxygens (including phenoxy) is 1. The molecule has 0 aliphatic carbocycles. The number of nitrogens with zero attached hydrogens (tertiary/aromatic N) is 1. The number of aromatic amines is 1. The van der Waals surface area contributed by atoms with E-state index in [1.165, 1.54) is 13.1 Å². The number of aliphatic hydroxyl groups is 4. The molecule has 3 aromatic rings. The number of allylic oxidation sites excluding steroid dienone is 2. The summed E-state index contributed by atoms with van der Waals surface area (Å²) in [5.41, 5.74) is 1.02. The van der Waals surface area contributed by atoms with Gasteiger partial charge in [0.2, 0.25) is 35.4 Å². The zero-order chi connectivity index (χ0) is 48.8. The predicted octanol–water partition coefficient (Wildman–Crippen LogP) is -2.14. The van der Waals surface area contributed by atoms with E-state index in [1.54, 1.807) is 54.6 Å². The van der Waals surface area contributed by atoms with E-state index in [-0.39, 0.29) is 29.8 Å². The van der Waals surface area contributed by atoms with Gasteiger partial charge in [0.25, 0.3) is 5.91 Å². The number of aromatic carboxylic acids is 1. The van der Waals surface area contributed by atoms with E-state index in [2.05, 4.69) is 36.9 Å². The monoisotopic (exact) mass is 930 g/mol. The van der Waals surface area contributed by atoms with Gasteiger partial charge in [0, 0.05) is 42.7 Å². The van der Waals surface area contributed by atoms with Gasteiger partial charge < -0.3 is 72.1 Å².